The van der Waals surface area contributed by atoms with Crippen molar-refractivity contribution in [1.82, 2.24) is 0 Å². The zero-order chi connectivity index (χ0) is 14.1. The fraction of sp³-hybridized carbons (Fsp3) is 0.938. The molecule has 0 heterocycles. The summed E-state index contributed by atoms with van der Waals surface area (Å²) in [6, 6.07) is 0. The number of carboxylic acid groups (broad SMARTS) is 1. The lowest BCUT2D eigenvalue weighted by Gasteiger charge is -2.23. The Bertz CT molecular complexity index is 249. The predicted molar refractivity (Wildman–Crippen MR) is 79.0 cm³/mol. The lowest BCUT2D eigenvalue weighted by molar-refractivity contribution is -0.138. The summed E-state index contributed by atoms with van der Waals surface area (Å²) in [4.78, 5) is 10.7. The first-order valence-electron chi connectivity index (χ1n) is 8.03. The Morgan fingerprint density at radius 2 is 2.00 bits per heavy atom. The average molecular weight is 269 g/mol. The Balaban J connectivity index is 2.11. The number of rotatable bonds is 9. The number of aliphatic carboxylic acids is 1. The van der Waals surface area contributed by atoms with Gasteiger partial charge in [-0.05, 0) is 30.7 Å². The molecule has 3 nitrogen and oxygen atoms in total. The highest BCUT2D eigenvalue weighted by Gasteiger charge is 2.17. The third-order valence-corrected chi connectivity index (χ3v) is 4.57. The molecule has 0 spiro atoms. The van der Waals surface area contributed by atoms with E-state index in [0.717, 1.165) is 12.3 Å². The van der Waals surface area contributed by atoms with Gasteiger partial charge in [0.2, 0.25) is 0 Å². The van der Waals surface area contributed by atoms with Crippen molar-refractivity contribution in [2.24, 2.45) is 23.5 Å². The van der Waals surface area contributed by atoms with E-state index in [9.17, 15) is 4.79 Å². The standard InChI is InChI=1S/C16H31NO2/c1-13(10-15(12-17)11-16(18)19)6-5-9-14-7-3-2-4-8-14/h13-15H,2-12,17H2,1H3,(H,18,19)/t13?,15-/m0/s1. The van der Waals surface area contributed by atoms with Crippen molar-refractivity contribution in [3.63, 3.8) is 0 Å². The summed E-state index contributed by atoms with van der Waals surface area (Å²) in [6.07, 6.45) is 12.2. The van der Waals surface area contributed by atoms with Crippen molar-refractivity contribution >= 4 is 5.97 Å². The Kier molecular flexibility index (Phi) is 8.11. The molecule has 0 amide bonds. The van der Waals surface area contributed by atoms with Gasteiger partial charge in [0.1, 0.15) is 0 Å². The molecule has 1 unspecified atom stereocenters. The molecule has 1 saturated carbocycles. The third kappa shape index (κ3) is 7.56. The maximum Gasteiger partial charge on any atom is 0.303 e. The van der Waals surface area contributed by atoms with Gasteiger partial charge in [-0.1, -0.05) is 58.3 Å². The maximum absolute atomic E-state index is 10.7. The van der Waals surface area contributed by atoms with Crippen molar-refractivity contribution in [3.05, 3.63) is 0 Å². The topological polar surface area (TPSA) is 63.3 Å². The molecule has 3 heteroatoms. The van der Waals surface area contributed by atoms with E-state index in [0.29, 0.717) is 12.5 Å². The summed E-state index contributed by atoms with van der Waals surface area (Å²) < 4.78 is 0. The van der Waals surface area contributed by atoms with Crippen molar-refractivity contribution < 1.29 is 9.90 Å². The van der Waals surface area contributed by atoms with Crippen LogP contribution in [0.15, 0.2) is 0 Å². The minimum Gasteiger partial charge on any atom is -0.481 e. The Morgan fingerprint density at radius 3 is 2.58 bits per heavy atom. The zero-order valence-electron chi connectivity index (χ0n) is 12.4. The van der Waals surface area contributed by atoms with Crippen LogP contribution in [0, 0.1) is 17.8 Å². The van der Waals surface area contributed by atoms with E-state index in [4.69, 9.17) is 10.8 Å². The molecule has 0 aromatic carbocycles. The van der Waals surface area contributed by atoms with Gasteiger partial charge in [0.25, 0.3) is 0 Å². The molecule has 1 aliphatic rings. The average Bonchev–Trinajstić information content (AvgIpc) is 2.38. The smallest absolute Gasteiger partial charge is 0.303 e. The fourth-order valence-corrected chi connectivity index (χ4v) is 3.43. The summed E-state index contributed by atoms with van der Waals surface area (Å²) >= 11 is 0. The second kappa shape index (κ2) is 9.35. The molecular formula is C16H31NO2. The van der Waals surface area contributed by atoms with E-state index in [1.807, 2.05) is 0 Å². The Labute approximate surface area is 118 Å². The van der Waals surface area contributed by atoms with Gasteiger partial charge in [-0.25, -0.2) is 0 Å². The number of carboxylic acids is 1. The van der Waals surface area contributed by atoms with E-state index in [1.165, 1.54) is 51.4 Å². The molecule has 1 rings (SSSR count). The van der Waals surface area contributed by atoms with Gasteiger partial charge in [0.15, 0.2) is 0 Å². The van der Waals surface area contributed by atoms with Crippen molar-refractivity contribution in [1.29, 1.82) is 0 Å². The van der Waals surface area contributed by atoms with Gasteiger partial charge in [-0.2, -0.15) is 0 Å². The van der Waals surface area contributed by atoms with E-state index in [-0.39, 0.29) is 12.3 Å². The van der Waals surface area contributed by atoms with Crippen LogP contribution in [0.1, 0.15) is 71.1 Å². The molecule has 0 aromatic heterocycles. The third-order valence-electron chi connectivity index (χ3n) is 4.57. The number of carbonyl (C=O) groups is 1. The highest BCUT2D eigenvalue weighted by Crippen LogP contribution is 2.29. The molecule has 0 radical (unpaired) electrons. The normalized spacial score (nSPS) is 20.1. The Hall–Kier alpha value is -0.570. The van der Waals surface area contributed by atoms with Crippen LogP contribution < -0.4 is 5.73 Å². The van der Waals surface area contributed by atoms with Gasteiger partial charge in [-0.15, -0.1) is 0 Å². The number of hydrogen-bond acceptors (Lipinski definition) is 2. The second-order valence-corrected chi connectivity index (χ2v) is 6.48. The van der Waals surface area contributed by atoms with Crippen LogP contribution in [-0.2, 0) is 4.79 Å². The molecule has 19 heavy (non-hydrogen) atoms. The van der Waals surface area contributed by atoms with Crippen LogP contribution in [0.4, 0.5) is 0 Å². The van der Waals surface area contributed by atoms with Crippen molar-refractivity contribution in [2.75, 3.05) is 6.54 Å². The van der Waals surface area contributed by atoms with E-state index in [2.05, 4.69) is 6.92 Å². The molecule has 2 atom stereocenters. The number of nitrogens with two attached hydrogens (primary N) is 1. The fourth-order valence-electron chi connectivity index (χ4n) is 3.43. The number of hydrogen-bond donors (Lipinski definition) is 2. The molecule has 0 aromatic rings. The van der Waals surface area contributed by atoms with Gasteiger partial charge in [0, 0.05) is 6.42 Å². The van der Waals surface area contributed by atoms with Crippen LogP contribution >= 0.6 is 0 Å². The quantitative estimate of drug-likeness (QED) is 0.669. The first-order chi connectivity index (χ1) is 9.11. The van der Waals surface area contributed by atoms with E-state index in [1.54, 1.807) is 0 Å². The SMILES string of the molecule is CC(CCCC1CCCCC1)C[C@H](CN)CC(=O)O. The van der Waals surface area contributed by atoms with Crippen LogP contribution in [0.25, 0.3) is 0 Å². The summed E-state index contributed by atoms with van der Waals surface area (Å²) in [5.74, 6) is 1.01. The molecule has 0 saturated heterocycles. The van der Waals surface area contributed by atoms with Crippen LogP contribution in [0.2, 0.25) is 0 Å². The Morgan fingerprint density at radius 1 is 1.32 bits per heavy atom. The minimum absolute atomic E-state index is 0.155. The van der Waals surface area contributed by atoms with Gasteiger partial charge in [0.05, 0.1) is 0 Å². The first-order valence-corrected chi connectivity index (χ1v) is 8.03. The van der Waals surface area contributed by atoms with Crippen LogP contribution in [0.3, 0.4) is 0 Å². The van der Waals surface area contributed by atoms with Gasteiger partial charge < -0.3 is 10.8 Å². The monoisotopic (exact) mass is 269 g/mol. The predicted octanol–water partition coefficient (Wildman–Crippen LogP) is 3.81. The molecular weight excluding hydrogens is 238 g/mol. The molecule has 0 bridgehead atoms. The highest BCUT2D eigenvalue weighted by atomic mass is 16.4. The van der Waals surface area contributed by atoms with Crippen LogP contribution in [0.5, 0.6) is 0 Å². The first kappa shape index (κ1) is 16.5. The van der Waals surface area contributed by atoms with Gasteiger partial charge >= 0.3 is 5.97 Å². The molecule has 1 aliphatic carbocycles. The summed E-state index contributed by atoms with van der Waals surface area (Å²) in [7, 11) is 0. The summed E-state index contributed by atoms with van der Waals surface area (Å²) in [5, 5.41) is 8.82. The summed E-state index contributed by atoms with van der Waals surface area (Å²) in [5.41, 5.74) is 5.65. The highest BCUT2D eigenvalue weighted by molar-refractivity contribution is 5.67. The molecule has 3 N–H and O–H groups in total. The summed E-state index contributed by atoms with van der Waals surface area (Å²) in [6.45, 7) is 2.74. The zero-order valence-corrected chi connectivity index (χ0v) is 12.4. The minimum atomic E-state index is -0.718. The van der Waals surface area contributed by atoms with Crippen molar-refractivity contribution in [2.45, 2.75) is 71.1 Å². The van der Waals surface area contributed by atoms with Crippen LogP contribution in [-0.4, -0.2) is 17.6 Å². The largest absolute Gasteiger partial charge is 0.481 e. The molecule has 112 valence electrons. The molecule has 1 fully saturated rings. The van der Waals surface area contributed by atoms with E-state index < -0.39 is 5.97 Å². The lowest BCUT2D eigenvalue weighted by atomic mass is 9.84. The maximum atomic E-state index is 10.7. The second-order valence-electron chi connectivity index (χ2n) is 6.48. The van der Waals surface area contributed by atoms with Gasteiger partial charge in [-0.3, -0.25) is 4.79 Å². The van der Waals surface area contributed by atoms with E-state index >= 15 is 0 Å². The van der Waals surface area contributed by atoms with Crippen molar-refractivity contribution in [3.8, 4) is 0 Å². The molecule has 0 aliphatic heterocycles. The lowest BCUT2D eigenvalue weighted by Crippen LogP contribution is -2.20.